The SMILES string of the molecule is CC(C)(CNC(=O)OCC1c2ccccc2-c2ccccc21)CC(=O)N(CC(=O)O)CC(F)(F)F. The lowest BCUT2D eigenvalue weighted by molar-refractivity contribution is -0.166. The highest BCUT2D eigenvalue weighted by Crippen LogP contribution is 2.44. The largest absolute Gasteiger partial charge is 0.480 e. The number of hydrogen-bond acceptors (Lipinski definition) is 4. The number of carboxylic acids is 1. The van der Waals surface area contributed by atoms with E-state index in [9.17, 15) is 27.6 Å². The number of aliphatic carboxylic acids is 1. The minimum absolute atomic E-state index is 0.0532. The predicted molar refractivity (Wildman–Crippen MR) is 122 cm³/mol. The molecule has 1 aliphatic rings. The van der Waals surface area contributed by atoms with E-state index in [0.29, 0.717) is 0 Å². The topological polar surface area (TPSA) is 95.9 Å². The monoisotopic (exact) mass is 492 g/mol. The molecule has 10 heteroatoms. The van der Waals surface area contributed by atoms with Crippen LogP contribution in [-0.4, -0.2) is 60.4 Å². The van der Waals surface area contributed by atoms with Crippen molar-refractivity contribution < 1.29 is 37.4 Å². The minimum Gasteiger partial charge on any atom is -0.480 e. The van der Waals surface area contributed by atoms with E-state index in [1.54, 1.807) is 13.8 Å². The number of carbonyl (C=O) groups is 3. The number of carboxylic acid groups (broad SMARTS) is 1. The maximum absolute atomic E-state index is 12.7. The van der Waals surface area contributed by atoms with Gasteiger partial charge in [-0.1, -0.05) is 62.4 Å². The van der Waals surface area contributed by atoms with E-state index in [1.807, 2.05) is 48.5 Å². The number of amides is 2. The molecule has 2 aromatic carbocycles. The first-order valence-corrected chi connectivity index (χ1v) is 11.0. The maximum Gasteiger partial charge on any atom is 0.407 e. The van der Waals surface area contributed by atoms with Crippen molar-refractivity contribution in [1.29, 1.82) is 0 Å². The molecule has 7 nitrogen and oxygen atoms in total. The zero-order valence-electron chi connectivity index (χ0n) is 19.4. The molecule has 0 saturated carbocycles. The molecule has 1 aliphatic carbocycles. The van der Waals surface area contributed by atoms with Crippen LogP contribution in [0.15, 0.2) is 48.5 Å². The Morgan fingerprint density at radius 1 is 1.00 bits per heavy atom. The molecule has 35 heavy (non-hydrogen) atoms. The summed E-state index contributed by atoms with van der Waals surface area (Å²) >= 11 is 0. The normalized spacial score (nSPS) is 13.1. The Hall–Kier alpha value is -3.56. The molecule has 2 aromatic rings. The summed E-state index contributed by atoms with van der Waals surface area (Å²) in [5.74, 6) is -2.64. The number of alkyl halides is 3. The number of carbonyl (C=O) groups excluding carboxylic acids is 2. The van der Waals surface area contributed by atoms with Crippen LogP contribution in [0.3, 0.4) is 0 Å². The van der Waals surface area contributed by atoms with E-state index in [2.05, 4.69) is 5.32 Å². The second-order valence-corrected chi connectivity index (χ2v) is 9.28. The van der Waals surface area contributed by atoms with Crippen molar-refractivity contribution >= 4 is 18.0 Å². The first kappa shape index (κ1) is 26.1. The summed E-state index contributed by atoms with van der Waals surface area (Å²) in [4.78, 5) is 35.9. The molecule has 0 saturated heterocycles. The molecule has 0 radical (unpaired) electrons. The lowest BCUT2D eigenvalue weighted by atomic mass is 9.88. The minimum atomic E-state index is -4.73. The number of rotatable bonds is 9. The van der Waals surface area contributed by atoms with E-state index in [-0.39, 0.29) is 30.4 Å². The van der Waals surface area contributed by atoms with Crippen LogP contribution in [0.2, 0.25) is 0 Å². The standard InChI is InChI=1S/C25H27F3N2O5/c1-24(2,11-21(31)30(12-22(32)33)15-25(26,27)28)14-29-23(34)35-13-20-18-9-5-3-7-16(18)17-8-4-6-10-19(17)20/h3-10,20H,11-15H2,1-2H3,(H,29,34)(H,32,33). The van der Waals surface area contributed by atoms with Gasteiger partial charge in [-0.15, -0.1) is 0 Å². The van der Waals surface area contributed by atoms with Crippen LogP contribution >= 0.6 is 0 Å². The number of benzene rings is 2. The fourth-order valence-electron chi connectivity index (χ4n) is 4.16. The summed E-state index contributed by atoms with van der Waals surface area (Å²) in [6.07, 6.45) is -5.83. The second kappa shape index (κ2) is 10.4. The highest BCUT2D eigenvalue weighted by molar-refractivity contribution is 5.82. The molecule has 0 fully saturated rings. The number of alkyl carbamates (subject to hydrolysis) is 1. The van der Waals surface area contributed by atoms with Crippen LogP contribution in [0, 0.1) is 5.41 Å². The van der Waals surface area contributed by atoms with Gasteiger partial charge in [0.2, 0.25) is 5.91 Å². The number of nitrogens with zero attached hydrogens (tertiary/aromatic N) is 1. The first-order valence-electron chi connectivity index (χ1n) is 11.0. The smallest absolute Gasteiger partial charge is 0.407 e. The molecule has 3 rings (SSSR count). The van der Waals surface area contributed by atoms with E-state index >= 15 is 0 Å². The lowest BCUT2D eigenvalue weighted by Gasteiger charge is -2.29. The molecule has 0 atom stereocenters. The Labute approximate surface area is 200 Å². The third-order valence-electron chi connectivity index (χ3n) is 5.73. The van der Waals surface area contributed by atoms with Gasteiger partial charge in [0.25, 0.3) is 0 Å². The summed E-state index contributed by atoms with van der Waals surface area (Å²) in [7, 11) is 0. The molecule has 0 bridgehead atoms. The maximum atomic E-state index is 12.7. The second-order valence-electron chi connectivity index (χ2n) is 9.28. The van der Waals surface area contributed by atoms with Crippen LogP contribution in [0.1, 0.15) is 37.3 Å². The summed E-state index contributed by atoms with van der Waals surface area (Å²) < 4.78 is 43.7. The zero-order valence-corrected chi connectivity index (χ0v) is 19.4. The summed E-state index contributed by atoms with van der Waals surface area (Å²) in [6, 6.07) is 15.7. The van der Waals surface area contributed by atoms with Gasteiger partial charge in [-0.3, -0.25) is 9.59 Å². The Morgan fingerprint density at radius 2 is 1.54 bits per heavy atom. The van der Waals surface area contributed by atoms with Gasteiger partial charge in [-0.25, -0.2) is 4.79 Å². The molecule has 188 valence electrons. The van der Waals surface area contributed by atoms with Gasteiger partial charge in [-0.2, -0.15) is 13.2 Å². The van der Waals surface area contributed by atoms with Crippen molar-refractivity contribution in [3.63, 3.8) is 0 Å². The highest BCUT2D eigenvalue weighted by Gasteiger charge is 2.36. The van der Waals surface area contributed by atoms with Gasteiger partial charge in [0.05, 0.1) is 0 Å². The zero-order chi connectivity index (χ0) is 25.8. The highest BCUT2D eigenvalue weighted by atomic mass is 19.4. The number of ether oxygens (including phenoxy) is 1. The molecule has 0 unspecified atom stereocenters. The van der Waals surface area contributed by atoms with Gasteiger partial charge in [0.1, 0.15) is 19.7 Å². The molecule has 0 aromatic heterocycles. The van der Waals surface area contributed by atoms with Crippen LogP contribution in [0.5, 0.6) is 0 Å². The van der Waals surface area contributed by atoms with Crippen molar-refractivity contribution in [2.24, 2.45) is 5.41 Å². The number of halogens is 3. The van der Waals surface area contributed by atoms with Crippen LogP contribution in [-0.2, 0) is 14.3 Å². The summed E-state index contributed by atoms with van der Waals surface area (Å²) in [6.45, 7) is 0.490. The number of fused-ring (bicyclic) bond motifs is 3. The van der Waals surface area contributed by atoms with Gasteiger partial charge < -0.3 is 20.1 Å². The van der Waals surface area contributed by atoms with Crippen molar-refractivity contribution in [2.45, 2.75) is 32.4 Å². The van der Waals surface area contributed by atoms with Crippen molar-refractivity contribution in [3.8, 4) is 11.1 Å². The number of nitrogens with one attached hydrogen (secondary N) is 1. The third-order valence-corrected chi connectivity index (χ3v) is 5.73. The quantitative estimate of drug-likeness (QED) is 0.541. The van der Waals surface area contributed by atoms with Gasteiger partial charge in [0, 0.05) is 18.9 Å². The number of hydrogen-bond donors (Lipinski definition) is 2. The van der Waals surface area contributed by atoms with Gasteiger partial charge in [-0.05, 0) is 27.7 Å². The predicted octanol–water partition coefficient (Wildman–Crippen LogP) is 4.42. The molecular weight excluding hydrogens is 465 g/mol. The van der Waals surface area contributed by atoms with Gasteiger partial charge >= 0.3 is 18.2 Å². The molecule has 0 spiro atoms. The first-order chi connectivity index (χ1) is 16.4. The Balaban J connectivity index is 1.55. The van der Waals surface area contributed by atoms with Crippen LogP contribution in [0.4, 0.5) is 18.0 Å². The van der Waals surface area contributed by atoms with Crippen molar-refractivity contribution in [3.05, 3.63) is 59.7 Å². The molecular formula is C25H27F3N2O5. The molecule has 0 aliphatic heterocycles. The average molecular weight is 492 g/mol. The molecule has 2 N–H and O–H groups in total. The van der Waals surface area contributed by atoms with E-state index in [1.165, 1.54) is 0 Å². The average Bonchev–Trinajstić information content (AvgIpc) is 3.08. The van der Waals surface area contributed by atoms with Crippen molar-refractivity contribution in [2.75, 3.05) is 26.2 Å². The van der Waals surface area contributed by atoms with Crippen molar-refractivity contribution in [1.82, 2.24) is 10.2 Å². The van der Waals surface area contributed by atoms with E-state index in [0.717, 1.165) is 22.3 Å². The third kappa shape index (κ3) is 6.97. The Kier molecular flexibility index (Phi) is 7.72. The molecule has 0 heterocycles. The molecule has 2 amide bonds. The summed E-state index contributed by atoms with van der Waals surface area (Å²) in [5, 5.41) is 11.4. The fourth-order valence-corrected chi connectivity index (χ4v) is 4.16. The Morgan fingerprint density at radius 3 is 2.06 bits per heavy atom. The lowest BCUT2D eigenvalue weighted by Crippen LogP contribution is -2.45. The van der Waals surface area contributed by atoms with Crippen LogP contribution < -0.4 is 5.32 Å². The Bertz CT molecular complexity index is 1060. The van der Waals surface area contributed by atoms with Gasteiger partial charge in [0.15, 0.2) is 0 Å². The van der Waals surface area contributed by atoms with Crippen LogP contribution in [0.25, 0.3) is 11.1 Å². The summed E-state index contributed by atoms with van der Waals surface area (Å²) in [5.41, 5.74) is 3.33. The van der Waals surface area contributed by atoms with E-state index < -0.39 is 42.7 Å². The van der Waals surface area contributed by atoms with E-state index in [4.69, 9.17) is 9.84 Å². The fraction of sp³-hybridized carbons (Fsp3) is 0.400.